The topological polar surface area (TPSA) is 35.8 Å². The third-order valence-electron chi connectivity index (χ3n) is 4.35. The molecule has 1 N–H and O–H groups in total. The van der Waals surface area contributed by atoms with Gasteiger partial charge in [-0.2, -0.15) is 5.26 Å². The highest BCUT2D eigenvalue weighted by Crippen LogP contribution is 2.45. The van der Waals surface area contributed by atoms with Crippen molar-refractivity contribution in [2.45, 2.75) is 52.0 Å². The lowest BCUT2D eigenvalue weighted by Gasteiger charge is -2.46. The largest absolute Gasteiger partial charge is 0.367 e. The van der Waals surface area contributed by atoms with Crippen molar-refractivity contribution in [3.63, 3.8) is 0 Å². The summed E-state index contributed by atoms with van der Waals surface area (Å²) in [7, 11) is 0. The van der Waals surface area contributed by atoms with E-state index in [1.54, 1.807) is 0 Å². The number of halogens is 1. The van der Waals surface area contributed by atoms with Crippen molar-refractivity contribution in [2.24, 2.45) is 5.41 Å². The molecule has 1 saturated carbocycles. The highest BCUT2D eigenvalue weighted by atomic mass is 19.1. The highest BCUT2D eigenvalue weighted by Gasteiger charge is 2.47. The Kier molecular flexibility index (Phi) is 3.54. The summed E-state index contributed by atoms with van der Waals surface area (Å²) < 4.78 is 13.5. The Morgan fingerprint density at radius 2 is 1.89 bits per heavy atom. The zero-order chi connectivity index (χ0) is 14.1. The molecule has 0 bridgehead atoms. The fourth-order valence-corrected chi connectivity index (χ4v) is 3.03. The second-order valence-corrected chi connectivity index (χ2v) is 6.25. The van der Waals surface area contributed by atoms with E-state index in [1.807, 2.05) is 13.0 Å². The van der Waals surface area contributed by atoms with Crippen molar-refractivity contribution < 1.29 is 4.39 Å². The third-order valence-corrected chi connectivity index (χ3v) is 4.35. The lowest BCUT2D eigenvalue weighted by Crippen LogP contribution is -2.52. The molecule has 0 aliphatic heterocycles. The zero-order valence-electron chi connectivity index (χ0n) is 11.9. The van der Waals surface area contributed by atoms with Gasteiger partial charge in [-0.05, 0) is 49.9 Å². The Balaban J connectivity index is 2.35. The number of nitriles is 1. The van der Waals surface area contributed by atoms with Crippen LogP contribution < -0.4 is 5.32 Å². The van der Waals surface area contributed by atoms with E-state index in [-0.39, 0.29) is 11.2 Å². The Bertz CT molecular complexity index is 496. The lowest BCUT2D eigenvalue weighted by atomic mass is 9.63. The summed E-state index contributed by atoms with van der Waals surface area (Å²) in [6.45, 7) is 6.10. The number of rotatable bonds is 2. The molecule has 1 unspecified atom stereocenters. The number of benzene rings is 1. The smallest absolute Gasteiger partial charge is 0.130 e. The van der Waals surface area contributed by atoms with Crippen LogP contribution in [0.5, 0.6) is 0 Å². The molecule has 0 aromatic heterocycles. The van der Waals surface area contributed by atoms with Gasteiger partial charge in [-0.1, -0.05) is 20.3 Å². The van der Waals surface area contributed by atoms with Gasteiger partial charge in [-0.15, -0.1) is 0 Å². The fraction of sp³-hybridized carbons (Fsp3) is 0.562. The van der Waals surface area contributed by atoms with Gasteiger partial charge < -0.3 is 5.32 Å². The number of hydrogen-bond donors (Lipinski definition) is 1. The number of aryl methyl sites for hydroxylation is 1. The summed E-state index contributed by atoms with van der Waals surface area (Å²) in [5, 5.41) is 13.0. The maximum Gasteiger partial charge on any atom is 0.130 e. The van der Waals surface area contributed by atoms with E-state index < -0.39 is 5.54 Å². The number of nitrogens with zero attached hydrogens (tertiary/aromatic N) is 1. The van der Waals surface area contributed by atoms with Crippen LogP contribution >= 0.6 is 0 Å². The van der Waals surface area contributed by atoms with Gasteiger partial charge in [0.1, 0.15) is 11.4 Å². The van der Waals surface area contributed by atoms with Gasteiger partial charge >= 0.3 is 0 Å². The van der Waals surface area contributed by atoms with E-state index in [0.29, 0.717) is 5.69 Å². The maximum atomic E-state index is 13.5. The second kappa shape index (κ2) is 4.85. The average molecular weight is 260 g/mol. The van der Waals surface area contributed by atoms with Gasteiger partial charge in [0, 0.05) is 11.1 Å². The average Bonchev–Trinajstić information content (AvgIpc) is 2.30. The zero-order valence-corrected chi connectivity index (χ0v) is 11.9. The first-order valence-corrected chi connectivity index (χ1v) is 6.85. The Morgan fingerprint density at radius 1 is 1.21 bits per heavy atom. The quantitative estimate of drug-likeness (QED) is 0.855. The first kappa shape index (κ1) is 13.9. The Hall–Kier alpha value is -1.56. The molecule has 102 valence electrons. The summed E-state index contributed by atoms with van der Waals surface area (Å²) in [6, 6.07) is 7.32. The molecule has 1 aromatic rings. The molecule has 19 heavy (non-hydrogen) atoms. The van der Waals surface area contributed by atoms with Gasteiger partial charge in [0.05, 0.1) is 6.07 Å². The van der Waals surface area contributed by atoms with Crippen molar-refractivity contribution in [3.8, 4) is 6.07 Å². The molecule has 1 aliphatic carbocycles. The predicted octanol–water partition coefficient (Wildman–Crippen LogP) is 4.41. The Morgan fingerprint density at radius 3 is 2.47 bits per heavy atom. The lowest BCUT2D eigenvalue weighted by molar-refractivity contribution is 0.164. The molecule has 0 radical (unpaired) electrons. The first-order chi connectivity index (χ1) is 8.88. The van der Waals surface area contributed by atoms with Gasteiger partial charge in [0.2, 0.25) is 0 Å². The van der Waals surface area contributed by atoms with E-state index in [1.165, 1.54) is 12.1 Å². The number of anilines is 1. The van der Waals surface area contributed by atoms with E-state index in [0.717, 1.165) is 31.2 Å². The van der Waals surface area contributed by atoms with Crippen LogP contribution in [0, 0.1) is 29.5 Å². The Labute approximate surface area is 114 Å². The van der Waals surface area contributed by atoms with Crippen LogP contribution in [0.3, 0.4) is 0 Å². The monoisotopic (exact) mass is 260 g/mol. The minimum absolute atomic E-state index is 0.111. The van der Waals surface area contributed by atoms with E-state index in [9.17, 15) is 9.65 Å². The van der Waals surface area contributed by atoms with Gasteiger partial charge in [-0.25, -0.2) is 4.39 Å². The molecular weight excluding hydrogens is 239 g/mol. The summed E-state index contributed by atoms with van der Waals surface area (Å²) in [4.78, 5) is 0. The minimum atomic E-state index is -0.606. The summed E-state index contributed by atoms with van der Waals surface area (Å²) in [5.74, 6) is -0.260. The second-order valence-electron chi connectivity index (χ2n) is 6.25. The third kappa shape index (κ3) is 2.58. The predicted molar refractivity (Wildman–Crippen MR) is 75.4 cm³/mol. The SMILES string of the molecule is Cc1cc(F)cc(NC2(C#N)CCCCC2(C)C)c1. The van der Waals surface area contributed by atoms with E-state index in [2.05, 4.69) is 25.2 Å². The van der Waals surface area contributed by atoms with Crippen molar-refractivity contribution >= 4 is 5.69 Å². The maximum absolute atomic E-state index is 13.5. The van der Waals surface area contributed by atoms with Crippen molar-refractivity contribution in [2.75, 3.05) is 5.32 Å². The van der Waals surface area contributed by atoms with Crippen LogP contribution in [0.1, 0.15) is 45.1 Å². The summed E-state index contributed by atoms with van der Waals surface area (Å²) in [6.07, 6.45) is 4.02. The first-order valence-electron chi connectivity index (χ1n) is 6.85. The van der Waals surface area contributed by atoms with Crippen LogP contribution in [0.4, 0.5) is 10.1 Å². The van der Waals surface area contributed by atoms with Crippen LogP contribution in [-0.4, -0.2) is 5.54 Å². The van der Waals surface area contributed by atoms with Crippen LogP contribution in [0.15, 0.2) is 18.2 Å². The van der Waals surface area contributed by atoms with Crippen molar-refractivity contribution in [1.82, 2.24) is 0 Å². The van der Waals surface area contributed by atoms with Crippen LogP contribution in [0.25, 0.3) is 0 Å². The van der Waals surface area contributed by atoms with Gasteiger partial charge in [0.15, 0.2) is 0 Å². The van der Waals surface area contributed by atoms with Crippen molar-refractivity contribution in [1.29, 1.82) is 5.26 Å². The summed E-state index contributed by atoms with van der Waals surface area (Å²) in [5.41, 5.74) is 0.851. The molecule has 1 atom stereocenters. The molecule has 0 amide bonds. The van der Waals surface area contributed by atoms with Gasteiger partial charge in [-0.3, -0.25) is 0 Å². The highest BCUT2D eigenvalue weighted by molar-refractivity contribution is 5.51. The normalized spacial score (nSPS) is 25.6. The standard InChI is InChI=1S/C16H21FN2/c1-12-8-13(17)10-14(9-12)19-16(11-18)7-5-4-6-15(16,2)3/h8-10,19H,4-7H2,1-3H3. The summed E-state index contributed by atoms with van der Waals surface area (Å²) >= 11 is 0. The van der Waals surface area contributed by atoms with Crippen LogP contribution in [0.2, 0.25) is 0 Å². The number of hydrogen-bond acceptors (Lipinski definition) is 2. The van der Waals surface area contributed by atoms with Crippen LogP contribution in [-0.2, 0) is 0 Å². The van der Waals surface area contributed by atoms with Crippen molar-refractivity contribution in [3.05, 3.63) is 29.6 Å². The minimum Gasteiger partial charge on any atom is -0.367 e. The molecule has 1 aromatic carbocycles. The molecule has 0 heterocycles. The van der Waals surface area contributed by atoms with Gasteiger partial charge in [0.25, 0.3) is 0 Å². The number of nitrogens with one attached hydrogen (secondary N) is 1. The molecule has 1 fully saturated rings. The van der Waals surface area contributed by atoms with E-state index in [4.69, 9.17) is 0 Å². The molecular formula is C16H21FN2. The molecule has 1 aliphatic rings. The molecule has 3 heteroatoms. The fourth-order valence-electron chi connectivity index (χ4n) is 3.03. The molecule has 2 nitrogen and oxygen atoms in total. The molecule has 0 saturated heterocycles. The van der Waals surface area contributed by atoms with E-state index >= 15 is 0 Å². The molecule has 2 rings (SSSR count). The molecule has 0 spiro atoms.